The van der Waals surface area contributed by atoms with E-state index in [1.54, 1.807) is 13.8 Å². The van der Waals surface area contributed by atoms with Gasteiger partial charge in [-0.15, -0.1) is 0 Å². The number of imidazole rings is 1. The van der Waals surface area contributed by atoms with Crippen molar-refractivity contribution in [3.05, 3.63) is 6.33 Å². The predicted molar refractivity (Wildman–Crippen MR) is 147 cm³/mol. The van der Waals surface area contributed by atoms with Gasteiger partial charge in [0.1, 0.15) is 23.9 Å². The summed E-state index contributed by atoms with van der Waals surface area (Å²) in [5.41, 5.74) is 4.26. The number of carbonyl (C=O) groups is 2. The fourth-order valence-electron chi connectivity index (χ4n) is 4.08. The van der Waals surface area contributed by atoms with E-state index < -0.39 is 56.4 Å². The summed E-state index contributed by atoms with van der Waals surface area (Å²) in [6, 6.07) is -1.10. The SMILES string of the molecule is CCOC(=O)NP(=O)(N[C@@H](CCSC)C(=O)OCC)OC[C@H]1O[C@@H](n2cnc3c(OC)nc(N)nc32)[C@](C)(O)[C@@H]1O. The maximum Gasteiger partial charge on any atom is 0.415 e. The van der Waals surface area contributed by atoms with Crippen LogP contribution in [-0.4, -0.2) is 105 Å². The molecule has 2 aromatic heterocycles. The monoisotopic (exact) mass is 621 g/mol. The molecule has 1 unspecified atom stereocenters. The van der Waals surface area contributed by atoms with Crippen molar-refractivity contribution in [2.45, 2.75) is 57.3 Å². The second-order valence-corrected chi connectivity index (χ2v) is 11.8. The number of aliphatic hydroxyl groups is 2. The summed E-state index contributed by atoms with van der Waals surface area (Å²) in [7, 11) is -2.99. The first-order chi connectivity index (χ1) is 19.4. The summed E-state index contributed by atoms with van der Waals surface area (Å²) in [6.45, 7) is 3.97. The molecule has 0 aliphatic carbocycles. The standard InChI is InChI=1S/C22H36N7O10PS/c1-6-36-18(31)12(8-9-41-5)27-40(34,28-21(32)37-7-2)38-10-13-15(30)22(3,33)19(39-13)29-11-24-14-16(29)25-20(23)26-17(14)35-4/h11-13,15,19,30,33H,6-10H2,1-5H3,(H2,23,25,26)(H2,27,28,32,34)/t12-,13+,15+,19+,22+,40?/m0/s1. The molecule has 0 radical (unpaired) electrons. The summed E-state index contributed by atoms with van der Waals surface area (Å²) < 4.78 is 41.7. The Morgan fingerprint density at radius 2 is 2.02 bits per heavy atom. The maximum absolute atomic E-state index is 13.8. The third-order valence-corrected chi connectivity index (χ3v) is 8.33. The lowest BCUT2D eigenvalue weighted by Gasteiger charge is -2.27. The van der Waals surface area contributed by atoms with E-state index in [1.807, 2.05) is 6.26 Å². The summed E-state index contributed by atoms with van der Waals surface area (Å²) in [6.07, 6.45) is -1.81. The van der Waals surface area contributed by atoms with E-state index in [4.69, 9.17) is 29.2 Å². The first kappa shape index (κ1) is 32.8. The molecule has 6 atom stereocenters. The number of hydrogen-bond acceptors (Lipinski definition) is 15. The maximum atomic E-state index is 13.8. The number of hydrogen-bond donors (Lipinski definition) is 5. The first-order valence-corrected chi connectivity index (χ1v) is 15.6. The number of fused-ring (bicyclic) bond motifs is 1. The van der Waals surface area contributed by atoms with E-state index in [0.717, 1.165) is 0 Å². The highest BCUT2D eigenvalue weighted by atomic mass is 32.2. The summed E-state index contributed by atoms with van der Waals surface area (Å²) in [5, 5.41) is 26.9. The number of nitrogens with two attached hydrogens (primary N) is 1. The number of aliphatic hydroxyl groups excluding tert-OH is 1. The summed E-state index contributed by atoms with van der Waals surface area (Å²) in [5.74, 6) is -0.217. The quantitative estimate of drug-likeness (QED) is 0.143. The molecule has 1 amide bonds. The second-order valence-electron chi connectivity index (χ2n) is 9.01. The third kappa shape index (κ3) is 7.57. The highest BCUT2D eigenvalue weighted by molar-refractivity contribution is 7.98. The number of nitrogens with zero attached hydrogens (tertiary/aromatic N) is 4. The molecule has 17 nitrogen and oxygen atoms in total. The van der Waals surface area contributed by atoms with Crippen molar-refractivity contribution in [2.75, 3.05) is 44.7 Å². The summed E-state index contributed by atoms with van der Waals surface area (Å²) >= 11 is 1.45. The Labute approximate surface area is 240 Å². The van der Waals surface area contributed by atoms with Crippen LogP contribution in [-0.2, 0) is 28.1 Å². The van der Waals surface area contributed by atoms with Crippen molar-refractivity contribution in [3.63, 3.8) is 0 Å². The van der Waals surface area contributed by atoms with E-state index in [0.29, 0.717) is 5.75 Å². The smallest absolute Gasteiger partial charge is 0.415 e. The van der Waals surface area contributed by atoms with Crippen LogP contribution in [0.4, 0.5) is 10.7 Å². The molecular weight excluding hydrogens is 585 g/mol. The van der Waals surface area contributed by atoms with E-state index in [1.165, 1.54) is 36.7 Å². The van der Waals surface area contributed by atoms with Gasteiger partial charge in [0.25, 0.3) is 0 Å². The Morgan fingerprint density at radius 3 is 2.66 bits per heavy atom. The molecule has 1 fully saturated rings. The number of thioether (sulfide) groups is 1. The molecule has 6 N–H and O–H groups in total. The van der Waals surface area contributed by atoms with Gasteiger partial charge in [-0.25, -0.2) is 24.5 Å². The Hall–Kier alpha value is -2.73. The topological polar surface area (TPSA) is 232 Å². The molecule has 0 spiro atoms. The minimum atomic E-state index is -4.37. The second kappa shape index (κ2) is 14.0. The Kier molecular flexibility index (Phi) is 11.2. The number of amides is 1. The number of nitrogen functional groups attached to an aromatic ring is 1. The molecule has 41 heavy (non-hydrogen) atoms. The number of nitrogens with one attached hydrogen (secondary N) is 2. The van der Waals surface area contributed by atoms with Gasteiger partial charge in [-0.3, -0.25) is 13.9 Å². The fraction of sp³-hybridized carbons (Fsp3) is 0.682. The van der Waals surface area contributed by atoms with Gasteiger partial charge in [-0.05, 0) is 39.2 Å². The number of carbonyl (C=O) groups excluding carboxylic acids is 2. The zero-order valence-corrected chi connectivity index (χ0v) is 25.0. The van der Waals surface area contributed by atoms with Crippen molar-refractivity contribution in [2.24, 2.45) is 0 Å². The van der Waals surface area contributed by atoms with Crippen LogP contribution in [0.3, 0.4) is 0 Å². The van der Waals surface area contributed by atoms with E-state index in [2.05, 4.69) is 25.1 Å². The molecule has 0 bridgehead atoms. The normalized spacial score (nSPS) is 24.5. The van der Waals surface area contributed by atoms with Gasteiger partial charge in [0.2, 0.25) is 11.8 Å². The molecule has 3 heterocycles. The molecule has 3 rings (SSSR count). The number of aromatic nitrogens is 4. The predicted octanol–water partition coefficient (Wildman–Crippen LogP) is 0.572. The van der Waals surface area contributed by atoms with Gasteiger partial charge >= 0.3 is 19.7 Å². The van der Waals surface area contributed by atoms with E-state index in [9.17, 15) is 24.4 Å². The average Bonchev–Trinajstić information content (AvgIpc) is 3.42. The first-order valence-electron chi connectivity index (χ1n) is 12.6. The molecule has 2 aromatic rings. The van der Waals surface area contributed by atoms with E-state index >= 15 is 0 Å². The lowest BCUT2D eigenvalue weighted by molar-refractivity contribution is -0.145. The molecule has 0 saturated carbocycles. The van der Waals surface area contributed by atoms with E-state index in [-0.39, 0.29) is 42.6 Å². The number of rotatable bonds is 14. The number of anilines is 1. The van der Waals surface area contributed by atoms with Gasteiger partial charge in [0.15, 0.2) is 17.4 Å². The number of esters is 1. The molecule has 1 aliphatic rings. The molecule has 19 heteroatoms. The fourth-order valence-corrected chi connectivity index (χ4v) is 6.06. The van der Waals surface area contributed by atoms with Crippen LogP contribution in [0, 0.1) is 0 Å². The van der Waals surface area contributed by atoms with Crippen LogP contribution < -0.4 is 20.6 Å². The number of methoxy groups -OCH3 is 1. The minimum Gasteiger partial charge on any atom is -0.479 e. The average molecular weight is 622 g/mol. The van der Waals surface area contributed by atoms with Gasteiger partial charge in [-0.1, -0.05) is 0 Å². The van der Waals surface area contributed by atoms with Gasteiger partial charge in [0.05, 0.1) is 33.3 Å². The molecule has 230 valence electrons. The molecule has 0 aromatic carbocycles. The highest BCUT2D eigenvalue weighted by Crippen LogP contribution is 2.44. The Balaban J connectivity index is 1.85. The highest BCUT2D eigenvalue weighted by Gasteiger charge is 2.54. The van der Waals surface area contributed by atoms with Crippen molar-refractivity contribution < 1.29 is 47.8 Å². The zero-order chi connectivity index (χ0) is 30.4. The van der Waals surface area contributed by atoms with Gasteiger partial charge in [-0.2, -0.15) is 21.7 Å². The minimum absolute atomic E-state index is 0.0215. The van der Waals surface area contributed by atoms with Crippen molar-refractivity contribution in [3.8, 4) is 5.88 Å². The van der Waals surface area contributed by atoms with Crippen LogP contribution >= 0.6 is 19.4 Å². The largest absolute Gasteiger partial charge is 0.479 e. The van der Waals surface area contributed by atoms with Crippen molar-refractivity contribution in [1.29, 1.82) is 0 Å². The third-order valence-electron chi connectivity index (χ3n) is 6.05. The molecule has 1 aliphatic heterocycles. The van der Waals surface area contributed by atoms with Crippen molar-refractivity contribution in [1.82, 2.24) is 29.7 Å². The van der Waals surface area contributed by atoms with Gasteiger partial charge in [0, 0.05) is 0 Å². The van der Waals surface area contributed by atoms with Gasteiger partial charge < -0.3 is 34.9 Å². The zero-order valence-electron chi connectivity index (χ0n) is 23.3. The van der Waals surface area contributed by atoms with Crippen LogP contribution in [0.1, 0.15) is 33.4 Å². The Morgan fingerprint density at radius 1 is 1.32 bits per heavy atom. The lowest BCUT2D eigenvalue weighted by Crippen LogP contribution is -2.45. The van der Waals surface area contributed by atoms with Crippen LogP contribution in [0.15, 0.2) is 6.33 Å². The number of ether oxygens (including phenoxy) is 4. The molecular formula is C22H36N7O10PS. The Bertz CT molecular complexity index is 1260. The van der Waals surface area contributed by atoms with Crippen LogP contribution in [0.2, 0.25) is 0 Å². The summed E-state index contributed by atoms with van der Waals surface area (Å²) in [4.78, 5) is 37.1. The van der Waals surface area contributed by atoms with Crippen LogP contribution in [0.5, 0.6) is 5.88 Å². The van der Waals surface area contributed by atoms with Crippen molar-refractivity contribution >= 4 is 48.6 Å². The molecule has 1 saturated heterocycles. The van der Waals surface area contributed by atoms with Crippen LogP contribution in [0.25, 0.3) is 11.2 Å². The lowest BCUT2D eigenvalue weighted by atomic mass is 9.96.